The maximum absolute atomic E-state index is 12.0. The zero-order valence-corrected chi connectivity index (χ0v) is 13.9. The van der Waals surface area contributed by atoms with Crippen LogP contribution >= 0.6 is 31.9 Å². The van der Waals surface area contributed by atoms with Crippen molar-refractivity contribution >= 4 is 37.8 Å². The Balaban J connectivity index is 2.67. The molecule has 0 saturated heterocycles. The highest BCUT2D eigenvalue weighted by atomic mass is 79.9. The number of esters is 1. The lowest BCUT2D eigenvalue weighted by Crippen LogP contribution is -2.20. The van der Waals surface area contributed by atoms with Gasteiger partial charge in [0.1, 0.15) is 5.75 Å². The number of halogens is 2. The van der Waals surface area contributed by atoms with Crippen molar-refractivity contribution in [3.05, 3.63) is 27.1 Å². The Bertz CT molecular complexity index is 405. The van der Waals surface area contributed by atoms with Crippen molar-refractivity contribution in [2.24, 2.45) is 5.92 Å². The zero-order chi connectivity index (χ0) is 13.5. The topological polar surface area (TPSA) is 26.3 Å². The lowest BCUT2D eigenvalue weighted by Gasteiger charge is -2.14. The van der Waals surface area contributed by atoms with Crippen molar-refractivity contribution in [3.63, 3.8) is 0 Å². The summed E-state index contributed by atoms with van der Waals surface area (Å²) in [5.41, 5.74) is 0. The minimum absolute atomic E-state index is 0.000460. The first kappa shape index (κ1) is 15.7. The average molecular weight is 378 g/mol. The third-order valence-electron chi connectivity index (χ3n) is 2.84. The highest BCUT2D eigenvalue weighted by molar-refractivity contribution is 9.11. The van der Waals surface area contributed by atoms with Crippen LogP contribution in [0.2, 0.25) is 0 Å². The molecule has 0 spiro atoms. The van der Waals surface area contributed by atoms with Crippen LogP contribution in [0.15, 0.2) is 27.1 Å². The molecule has 4 heteroatoms. The molecule has 1 rings (SSSR count). The van der Waals surface area contributed by atoms with Crippen LogP contribution in [-0.4, -0.2) is 5.97 Å². The van der Waals surface area contributed by atoms with E-state index in [0.717, 1.165) is 34.6 Å². The van der Waals surface area contributed by atoms with E-state index in [1.807, 2.05) is 19.1 Å². The number of benzene rings is 1. The lowest BCUT2D eigenvalue weighted by atomic mass is 10.00. The van der Waals surface area contributed by atoms with Gasteiger partial charge in [0.2, 0.25) is 0 Å². The molecule has 1 unspecified atom stereocenters. The van der Waals surface area contributed by atoms with Crippen LogP contribution in [-0.2, 0) is 4.79 Å². The van der Waals surface area contributed by atoms with Gasteiger partial charge < -0.3 is 4.74 Å². The Labute approximate surface area is 125 Å². The number of hydrogen-bond donors (Lipinski definition) is 0. The summed E-state index contributed by atoms with van der Waals surface area (Å²) in [4.78, 5) is 12.0. The normalized spacial score (nSPS) is 12.2. The Hall–Kier alpha value is -0.350. The molecule has 18 heavy (non-hydrogen) atoms. The molecule has 0 fully saturated rings. The fourth-order valence-corrected chi connectivity index (χ4v) is 2.82. The summed E-state index contributed by atoms with van der Waals surface area (Å²) in [5.74, 6) is 0.451. The van der Waals surface area contributed by atoms with Gasteiger partial charge in [0, 0.05) is 4.47 Å². The van der Waals surface area contributed by atoms with Gasteiger partial charge in [0.05, 0.1) is 10.4 Å². The monoisotopic (exact) mass is 376 g/mol. The third-order valence-corrected chi connectivity index (χ3v) is 3.95. The molecule has 0 radical (unpaired) electrons. The first-order chi connectivity index (χ1) is 8.58. The van der Waals surface area contributed by atoms with E-state index < -0.39 is 0 Å². The van der Waals surface area contributed by atoms with Gasteiger partial charge in [-0.3, -0.25) is 4.79 Å². The molecule has 0 aliphatic rings. The largest absolute Gasteiger partial charge is 0.425 e. The predicted molar refractivity (Wildman–Crippen MR) is 80.8 cm³/mol. The van der Waals surface area contributed by atoms with E-state index in [9.17, 15) is 4.79 Å². The first-order valence-corrected chi connectivity index (χ1v) is 7.83. The van der Waals surface area contributed by atoms with E-state index in [2.05, 4.69) is 38.8 Å². The Kier molecular flexibility index (Phi) is 6.94. The second-order valence-corrected chi connectivity index (χ2v) is 6.01. The molecule has 0 N–H and O–H groups in total. The smallest absolute Gasteiger partial charge is 0.314 e. The minimum atomic E-state index is -0.131. The SMILES string of the molecule is CCCCC(CC)C(=O)Oc1ccc(Br)cc1Br. The van der Waals surface area contributed by atoms with Crippen molar-refractivity contribution in [1.29, 1.82) is 0 Å². The maximum Gasteiger partial charge on any atom is 0.314 e. The average Bonchev–Trinajstić information content (AvgIpc) is 2.34. The van der Waals surface area contributed by atoms with Crippen molar-refractivity contribution < 1.29 is 9.53 Å². The van der Waals surface area contributed by atoms with Crippen molar-refractivity contribution in [1.82, 2.24) is 0 Å². The lowest BCUT2D eigenvalue weighted by molar-refractivity contribution is -0.139. The van der Waals surface area contributed by atoms with Crippen molar-refractivity contribution in [2.75, 3.05) is 0 Å². The molecule has 0 bridgehead atoms. The van der Waals surface area contributed by atoms with Gasteiger partial charge in [-0.15, -0.1) is 0 Å². The highest BCUT2D eigenvalue weighted by Crippen LogP contribution is 2.29. The van der Waals surface area contributed by atoms with Gasteiger partial charge in [0.25, 0.3) is 0 Å². The Morgan fingerprint density at radius 2 is 2.06 bits per heavy atom. The fourth-order valence-electron chi connectivity index (χ4n) is 1.69. The molecule has 0 aliphatic heterocycles. The van der Waals surface area contributed by atoms with Crippen LogP contribution in [0.1, 0.15) is 39.5 Å². The van der Waals surface area contributed by atoms with Gasteiger partial charge in [-0.2, -0.15) is 0 Å². The first-order valence-electron chi connectivity index (χ1n) is 6.25. The van der Waals surface area contributed by atoms with Gasteiger partial charge in [0.15, 0.2) is 0 Å². The summed E-state index contributed by atoms with van der Waals surface area (Å²) in [6.45, 7) is 4.15. The second kappa shape index (κ2) is 7.95. The van der Waals surface area contributed by atoms with E-state index in [0.29, 0.717) is 5.75 Å². The van der Waals surface area contributed by atoms with Gasteiger partial charge in [-0.25, -0.2) is 0 Å². The summed E-state index contributed by atoms with van der Waals surface area (Å²) < 4.78 is 7.18. The number of carbonyl (C=O) groups is 1. The highest BCUT2D eigenvalue weighted by Gasteiger charge is 2.19. The van der Waals surface area contributed by atoms with Gasteiger partial charge >= 0.3 is 5.97 Å². The third kappa shape index (κ3) is 4.73. The van der Waals surface area contributed by atoms with E-state index in [1.165, 1.54) is 0 Å². The van der Waals surface area contributed by atoms with Crippen LogP contribution < -0.4 is 4.74 Å². The molecule has 1 aromatic carbocycles. The molecule has 0 saturated carbocycles. The summed E-state index contributed by atoms with van der Waals surface area (Å²) in [7, 11) is 0. The van der Waals surface area contributed by atoms with Gasteiger partial charge in [-0.1, -0.05) is 42.6 Å². The molecule has 1 atom stereocenters. The summed E-state index contributed by atoms with van der Waals surface area (Å²) in [6.07, 6.45) is 3.90. The number of carbonyl (C=O) groups excluding carboxylic acids is 1. The van der Waals surface area contributed by atoms with Crippen LogP contribution in [0.4, 0.5) is 0 Å². The molecule has 1 aromatic rings. The minimum Gasteiger partial charge on any atom is -0.425 e. The second-order valence-electron chi connectivity index (χ2n) is 4.24. The van der Waals surface area contributed by atoms with Crippen LogP contribution in [0.25, 0.3) is 0 Å². The maximum atomic E-state index is 12.0. The molecule has 0 heterocycles. The van der Waals surface area contributed by atoms with E-state index in [1.54, 1.807) is 6.07 Å². The van der Waals surface area contributed by atoms with E-state index in [-0.39, 0.29) is 11.9 Å². The molecular formula is C14H18Br2O2. The van der Waals surface area contributed by atoms with Crippen LogP contribution in [0.5, 0.6) is 5.75 Å². The quantitative estimate of drug-likeness (QED) is 0.494. The van der Waals surface area contributed by atoms with Crippen LogP contribution in [0, 0.1) is 5.92 Å². The van der Waals surface area contributed by atoms with Crippen LogP contribution in [0.3, 0.4) is 0 Å². The van der Waals surface area contributed by atoms with E-state index in [4.69, 9.17) is 4.74 Å². The van der Waals surface area contributed by atoms with E-state index >= 15 is 0 Å². The Morgan fingerprint density at radius 1 is 1.33 bits per heavy atom. The molecule has 100 valence electrons. The summed E-state index contributed by atoms with van der Waals surface area (Å²) >= 11 is 6.76. The summed E-state index contributed by atoms with van der Waals surface area (Å²) in [5, 5.41) is 0. The fraction of sp³-hybridized carbons (Fsp3) is 0.500. The standard InChI is InChI=1S/C14H18Br2O2/c1-3-5-6-10(4-2)14(17)18-13-8-7-11(15)9-12(13)16/h7-10H,3-6H2,1-2H3. The molecule has 0 amide bonds. The number of rotatable bonds is 6. The molecule has 0 aliphatic carbocycles. The molecular weight excluding hydrogens is 360 g/mol. The number of hydrogen-bond acceptors (Lipinski definition) is 2. The molecule has 0 aromatic heterocycles. The summed E-state index contributed by atoms with van der Waals surface area (Å²) in [6, 6.07) is 5.52. The zero-order valence-electron chi connectivity index (χ0n) is 10.7. The van der Waals surface area contributed by atoms with Crippen molar-refractivity contribution in [3.8, 4) is 5.75 Å². The number of unbranched alkanes of at least 4 members (excludes halogenated alkanes) is 1. The van der Waals surface area contributed by atoms with Crippen molar-refractivity contribution in [2.45, 2.75) is 39.5 Å². The molecule has 2 nitrogen and oxygen atoms in total. The predicted octanol–water partition coefficient (Wildman–Crippen LogP) is 5.33. The van der Waals surface area contributed by atoms with Gasteiger partial charge in [-0.05, 0) is 47.0 Å². The number of ether oxygens (including phenoxy) is 1. The Morgan fingerprint density at radius 3 is 2.61 bits per heavy atom.